The first-order valence-electron chi connectivity index (χ1n) is 23.0. The summed E-state index contributed by atoms with van der Waals surface area (Å²) in [5.41, 5.74) is 0. The topological polar surface area (TPSA) is 98.8 Å². The SMILES string of the molecule is CCCCCCCC/C=C\CCCCCCCC(=O)CC(=O)O[C@@H]1CC[C@H]2[C@@H]1CC[C@@H]2OC(=O)NC(=O)CCCCCCC/C=C\CCCCCCCC. The maximum absolute atomic E-state index is 12.6. The molecule has 54 heavy (non-hydrogen) atoms. The second-order valence-electron chi connectivity index (χ2n) is 16.4. The molecule has 0 aromatic rings. The Labute approximate surface area is 331 Å². The summed E-state index contributed by atoms with van der Waals surface area (Å²) in [6.45, 7) is 4.51. The largest absolute Gasteiger partial charge is 0.462 e. The molecule has 2 saturated carbocycles. The average molecular weight is 756 g/mol. The molecule has 310 valence electrons. The van der Waals surface area contributed by atoms with Crippen LogP contribution in [0.3, 0.4) is 0 Å². The summed E-state index contributed by atoms with van der Waals surface area (Å²) < 4.78 is 11.5. The van der Waals surface area contributed by atoms with Gasteiger partial charge in [0.05, 0.1) is 0 Å². The van der Waals surface area contributed by atoms with Gasteiger partial charge in [-0.3, -0.25) is 19.7 Å². The van der Waals surface area contributed by atoms with Gasteiger partial charge in [-0.25, -0.2) is 4.79 Å². The van der Waals surface area contributed by atoms with Gasteiger partial charge in [0.1, 0.15) is 24.4 Å². The minimum absolute atomic E-state index is 0.0390. The molecule has 2 fully saturated rings. The third kappa shape index (κ3) is 24.2. The predicted molar refractivity (Wildman–Crippen MR) is 222 cm³/mol. The molecule has 2 aliphatic carbocycles. The minimum atomic E-state index is -0.667. The number of ether oxygens (including phenoxy) is 2. The maximum atomic E-state index is 12.6. The highest BCUT2D eigenvalue weighted by Crippen LogP contribution is 2.47. The van der Waals surface area contributed by atoms with Crippen molar-refractivity contribution in [2.45, 2.75) is 238 Å². The Kier molecular flexibility index (Phi) is 29.0. The van der Waals surface area contributed by atoms with Crippen molar-refractivity contribution in [3.63, 3.8) is 0 Å². The van der Waals surface area contributed by atoms with Gasteiger partial charge < -0.3 is 9.47 Å². The number of carbonyl (C=O) groups excluding carboxylic acids is 4. The van der Waals surface area contributed by atoms with E-state index in [2.05, 4.69) is 43.5 Å². The zero-order valence-corrected chi connectivity index (χ0v) is 34.9. The first kappa shape index (κ1) is 47.7. The van der Waals surface area contributed by atoms with Crippen LogP contribution in [0, 0.1) is 11.8 Å². The van der Waals surface area contributed by atoms with E-state index < -0.39 is 12.1 Å². The van der Waals surface area contributed by atoms with E-state index in [-0.39, 0.29) is 42.2 Å². The van der Waals surface area contributed by atoms with Crippen LogP contribution in [0.2, 0.25) is 0 Å². The fourth-order valence-corrected chi connectivity index (χ4v) is 8.34. The first-order valence-corrected chi connectivity index (χ1v) is 23.0. The lowest BCUT2D eigenvalue weighted by atomic mass is 9.98. The van der Waals surface area contributed by atoms with Crippen LogP contribution in [-0.4, -0.2) is 36.0 Å². The highest BCUT2D eigenvalue weighted by Gasteiger charge is 2.48. The van der Waals surface area contributed by atoms with Gasteiger partial charge in [0.25, 0.3) is 0 Å². The van der Waals surface area contributed by atoms with Gasteiger partial charge in [-0.2, -0.15) is 0 Å². The number of carbonyl (C=O) groups is 4. The lowest BCUT2D eigenvalue weighted by Crippen LogP contribution is -2.35. The van der Waals surface area contributed by atoms with Crippen molar-refractivity contribution in [3.8, 4) is 0 Å². The van der Waals surface area contributed by atoms with Crippen LogP contribution in [0.25, 0.3) is 0 Å². The molecule has 2 amide bonds. The fourth-order valence-electron chi connectivity index (χ4n) is 8.34. The average Bonchev–Trinajstić information content (AvgIpc) is 3.74. The molecule has 0 bridgehead atoms. The lowest BCUT2D eigenvalue weighted by Gasteiger charge is -2.21. The second-order valence-corrected chi connectivity index (χ2v) is 16.4. The summed E-state index contributed by atoms with van der Waals surface area (Å²) in [4.78, 5) is 49.9. The first-order chi connectivity index (χ1) is 26.4. The molecule has 0 radical (unpaired) electrons. The van der Waals surface area contributed by atoms with Crippen LogP contribution >= 0.6 is 0 Å². The number of fused-ring (bicyclic) bond motifs is 1. The highest BCUT2D eigenvalue weighted by atomic mass is 16.6. The molecule has 0 saturated heterocycles. The number of hydrogen-bond acceptors (Lipinski definition) is 6. The Balaban J connectivity index is 1.44. The number of rotatable bonds is 34. The number of Topliss-reactive ketones (excluding diaryl/α,β-unsaturated/α-hetero) is 1. The zero-order valence-electron chi connectivity index (χ0n) is 34.9. The Hall–Kier alpha value is -2.44. The molecular weight excluding hydrogens is 675 g/mol. The Morgan fingerprint density at radius 1 is 0.481 bits per heavy atom. The van der Waals surface area contributed by atoms with E-state index in [0.717, 1.165) is 70.6 Å². The van der Waals surface area contributed by atoms with Crippen LogP contribution in [0.1, 0.15) is 226 Å². The Morgan fingerprint density at radius 2 is 0.870 bits per heavy atom. The quantitative estimate of drug-likeness (QED) is 0.0304. The molecule has 0 spiro atoms. The van der Waals surface area contributed by atoms with Crippen LogP contribution in [-0.2, 0) is 23.9 Å². The van der Waals surface area contributed by atoms with Crippen LogP contribution in [0.4, 0.5) is 4.79 Å². The number of nitrogens with one attached hydrogen (secondary N) is 1. The third-order valence-electron chi connectivity index (χ3n) is 11.6. The Bertz CT molecular complexity index is 971. The van der Waals surface area contributed by atoms with E-state index in [1.807, 2.05) is 0 Å². The number of esters is 1. The number of alkyl carbamates (subject to hydrolysis) is 1. The van der Waals surface area contributed by atoms with Gasteiger partial charge in [0, 0.05) is 24.7 Å². The standard InChI is InChI=1S/C47H81NO6/c1-3-5-7-9-11-13-15-17-19-21-23-25-27-29-31-33-40(49)39-46(51)53-43-37-35-42-41(43)36-38-44(42)54-47(52)48-45(50)34-32-30-28-26-24-22-20-18-16-14-12-10-8-6-4-2/h17-20,41-44H,3-16,21-39H2,1-2H3,(H,48,50,52)/b19-17-,20-18-/t41-,42-,43+,44-/m0/s1. The molecule has 0 aromatic heterocycles. The summed E-state index contributed by atoms with van der Waals surface area (Å²) in [6, 6.07) is 0. The van der Waals surface area contributed by atoms with Crippen molar-refractivity contribution < 1.29 is 28.7 Å². The lowest BCUT2D eigenvalue weighted by molar-refractivity contribution is -0.152. The monoisotopic (exact) mass is 756 g/mol. The number of allylic oxidation sites excluding steroid dienone is 4. The number of ketones is 1. The predicted octanol–water partition coefficient (Wildman–Crippen LogP) is 13.4. The van der Waals surface area contributed by atoms with Crippen molar-refractivity contribution in [2.75, 3.05) is 0 Å². The van der Waals surface area contributed by atoms with E-state index in [1.165, 1.54) is 116 Å². The highest BCUT2D eigenvalue weighted by molar-refractivity contribution is 5.95. The smallest absolute Gasteiger partial charge is 0.414 e. The van der Waals surface area contributed by atoms with E-state index in [9.17, 15) is 19.2 Å². The van der Waals surface area contributed by atoms with E-state index in [0.29, 0.717) is 19.3 Å². The number of unbranched alkanes of at least 4 members (excludes halogenated alkanes) is 22. The summed E-state index contributed by atoms with van der Waals surface area (Å²) in [7, 11) is 0. The molecule has 2 aliphatic rings. The molecule has 7 nitrogen and oxygen atoms in total. The molecule has 4 atom stereocenters. The van der Waals surface area contributed by atoms with E-state index in [4.69, 9.17) is 9.47 Å². The molecule has 0 aliphatic heterocycles. The maximum Gasteiger partial charge on any atom is 0.414 e. The molecule has 0 aromatic carbocycles. The van der Waals surface area contributed by atoms with Gasteiger partial charge in [0.2, 0.25) is 5.91 Å². The van der Waals surface area contributed by atoms with Gasteiger partial charge in [-0.15, -0.1) is 0 Å². The number of amides is 2. The molecule has 1 N–H and O–H groups in total. The van der Waals surface area contributed by atoms with E-state index in [1.54, 1.807) is 0 Å². The molecule has 7 heteroatoms. The fraction of sp³-hybridized carbons (Fsp3) is 0.830. The van der Waals surface area contributed by atoms with Crippen molar-refractivity contribution in [3.05, 3.63) is 24.3 Å². The summed E-state index contributed by atoms with van der Waals surface area (Å²) in [5, 5.41) is 2.41. The van der Waals surface area contributed by atoms with Gasteiger partial charge in [0.15, 0.2) is 0 Å². The van der Waals surface area contributed by atoms with E-state index >= 15 is 0 Å². The summed E-state index contributed by atoms with van der Waals surface area (Å²) in [5.74, 6) is -0.485. The molecule has 0 heterocycles. The third-order valence-corrected chi connectivity index (χ3v) is 11.6. The van der Waals surface area contributed by atoms with Crippen molar-refractivity contribution in [1.82, 2.24) is 5.32 Å². The van der Waals surface area contributed by atoms with Crippen LogP contribution in [0.5, 0.6) is 0 Å². The van der Waals surface area contributed by atoms with Gasteiger partial charge in [-0.1, -0.05) is 141 Å². The van der Waals surface area contributed by atoms with Gasteiger partial charge in [-0.05, 0) is 89.9 Å². The van der Waals surface area contributed by atoms with Crippen LogP contribution < -0.4 is 5.32 Å². The second kappa shape index (κ2) is 32.8. The molecule has 0 unspecified atom stereocenters. The molecular formula is C47H81NO6. The molecule has 2 rings (SSSR count). The zero-order chi connectivity index (χ0) is 38.9. The summed E-state index contributed by atoms with van der Waals surface area (Å²) >= 11 is 0. The minimum Gasteiger partial charge on any atom is -0.462 e. The number of imide groups is 1. The summed E-state index contributed by atoms with van der Waals surface area (Å²) in [6.07, 6.45) is 43.2. The van der Waals surface area contributed by atoms with Gasteiger partial charge >= 0.3 is 12.1 Å². The van der Waals surface area contributed by atoms with Crippen molar-refractivity contribution >= 4 is 23.8 Å². The normalized spacial score (nSPS) is 19.4. The Morgan fingerprint density at radius 3 is 1.33 bits per heavy atom. The number of hydrogen-bond donors (Lipinski definition) is 1. The van der Waals surface area contributed by atoms with Crippen LogP contribution in [0.15, 0.2) is 24.3 Å². The van der Waals surface area contributed by atoms with Crippen molar-refractivity contribution in [2.24, 2.45) is 11.8 Å². The van der Waals surface area contributed by atoms with Crippen molar-refractivity contribution in [1.29, 1.82) is 0 Å².